The molecule has 0 radical (unpaired) electrons. The normalized spacial score (nSPS) is 14.2. The monoisotopic (exact) mass is 774 g/mol. The maximum Gasteiger partial charge on any atom is 0.266 e. The van der Waals surface area contributed by atoms with Gasteiger partial charge in [0.1, 0.15) is 0 Å². The second kappa shape index (κ2) is 11.3. The molecule has 2 N–H and O–H groups in total. The first-order valence-electron chi connectivity index (χ1n) is 19.9. The molecule has 0 fully saturated rings. The second-order valence-electron chi connectivity index (χ2n) is 16.1. The number of amides is 4. The first-order valence-corrected chi connectivity index (χ1v) is 19.9. The molecule has 8 nitrogen and oxygen atoms in total. The summed E-state index contributed by atoms with van der Waals surface area (Å²) in [6.45, 7) is 3.98. The number of imide groups is 2. The van der Waals surface area contributed by atoms with Crippen LogP contribution in [0.1, 0.15) is 52.6 Å². The van der Waals surface area contributed by atoms with E-state index in [1.807, 2.05) is 147 Å². The summed E-state index contributed by atoms with van der Waals surface area (Å²) in [5.74, 6) is -1.56. The van der Waals surface area contributed by atoms with E-state index in [0.29, 0.717) is 44.4 Å². The minimum atomic E-state index is -0.391. The SMILES string of the molecule is Cc1cccc2[nH+]c3ccccc3c(N3C(=O)c4ccc5c6ccc7c8c(ccc(c9ccc(c4c59)C3=O)c86)C(=O)N(c3c4ccccc4[nH+]c4cccc(C)c34)C7=O)c12. The van der Waals surface area contributed by atoms with Crippen LogP contribution in [0.2, 0.25) is 0 Å². The quantitative estimate of drug-likeness (QED) is 0.0991. The molecule has 0 atom stereocenters. The van der Waals surface area contributed by atoms with Gasteiger partial charge in [-0.15, -0.1) is 0 Å². The Bertz CT molecular complexity index is 3530. The van der Waals surface area contributed by atoms with Crippen LogP contribution in [0.25, 0.3) is 86.7 Å². The van der Waals surface area contributed by atoms with Crippen LogP contribution >= 0.6 is 0 Å². The minimum absolute atomic E-state index is 0.391. The Kier molecular flexibility index (Phi) is 6.20. The number of fused-ring (bicyclic) bond motifs is 6. The molecule has 2 aliphatic rings. The Morgan fingerprint density at radius 1 is 0.317 bits per heavy atom. The lowest BCUT2D eigenvalue weighted by atomic mass is 9.82. The van der Waals surface area contributed by atoms with E-state index in [1.54, 1.807) is 0 Å². The fraction of sp³-hybridized carbons (Fsp3) is 0.0385. The van der Waals surface area contributed by atoms with Crippen molar-refractivity contribution in [2.45, 2.75) is 13.8 Å². The van der Waals surface area contributed by atoms with Crippen molar-refractivity contribution in [2.24, 2.45) is 0 Å². The number of aromatic nitrogens is 2. The summed E-state index contributed by atoms with van der Waals surface area (Å²) >= 11 is 0. The van der Waals surface area contributed by atoms with Gasteiger partial charge in [-0.25, -0.2) is 19.8 Å². The maximum absolute atomic E-state index is 14.9. The van der Waals surface area contributed by atoms with Crippen LogP contribution in [0, 0.1) is 13.8 Å². The van der Waals surface area contributed by atoms with E-state index in [-0.39, 0.29) is 0 Å². The Morgan fingerprint density at radius 3 is 1.02 bits per heavy atom. The number of para-hydroxylation sites is 2. The largest absolute Gasteiger partial charge is 0.268 e. The lowest BCUT2D eigenvalue weighted by molar-refractivity contribution is -0.310. The van der Waals surface area contributed by atoms with Gasteiger partial charge in [-0.3, -0.25) is 19.2 Å². The van der Waals surface area contributed by atoms with Crippen LogP contribution < -0.4 is 19.8 Å². The summed E-state index contributed by atoms with van der Waals surface area (Å²) < 4.78 is 0. The number of benzene rings is 9. The van der Waals surface area contributed by atoms with Crippen molar-refractivity contribution < 1.29 is 29.1 Å². The molecular weight excluding hydrogens is 745 g/mol. The number of carbonyl (C=O) groups is 4. The Hall–Kier alpha value is -8.10. The van der Waals surface area contributed by atoms with Crippen molar-refractivity contribution >= 4 is 122 Å². The van der Waals surface area contributed by atoms with E-state index in [1.165, 1.54) is 9.80 Å². The molecular formula is C52H30N4O4+2. The molecule has 9 aromatic carbocycles. The number of hydrogen-bond acceptors (Lipinski definition) is 4. The Morgan fingerprint density at radius 2 is 0.650 bits per heavy atom. The lowest BCUT2D eigenvalue weighted by Crippen LogP contribution is -2.41. The van der Waals surface area contributed by atoms with Gasteiger partial charge >= 0.3 is 0 Å². The van der Waals surface area contributed by atoms with Gasteiger partial charge in [0.2, 0.25) is 22.1 Å². The third-order valence-corrected chi connectivity index (χ3v) is 13.0. The highest BCUT2D eigenvalue weighted by atomic mass is 16.2. The Labute approximate surface area is 340 Å². The third kappa shape index (κ3) is 3.95. The molecule has 280 valence electrons. The van der Waals surface area contributed by atoms with E-state index < -0.39 is 23.6 Å². The molecule has 0 aliphatic carbocycles. The highest BCUT2D eigenvalue weighted by molar-refractivity contribution is 6.46. The first kappa shape index (κ1) is 32.9. The maximum atomic E-state index is 14.9. The molecule has 0 unspecified atom stereocenters. The van der Waals surface area contributed by atoms with Crippen LogP contribution in [-0.2, 0) is 0 Å². The zero-order chi connectivity index (χ0) is 40.3. The van der Waals surface area contributed by atoms with Crippen molar-refractivity contribution in [3.63, 3.8) is 0 Å². The van der Waals surface area contributed by atoms with E-state index in [2.05, 4.69) is 9.97 Å². The molecule has 4 amide bonds. The van der Waals surface area contributed by atoms with Gasteiger partial charge in [0.25, 0.3) is 23.6 Å². The predicted octanol–water partition coefficient (Wildman–Crippen LogP) is 10.2. The summed E-state index contributed by atoms with van der Waals surface area (Å²) in [5, 5.41) is 9.34. The number of hydrogen-bond donors (Lipinski definition) is 0. The molecule has 0 bridgehead atoms. The van der Waals surface area contributed by atoms with E-state index >= 15 is 0 Å². The summed E-state index contributed by atoms with van der Waals surface area (Å²) in [5.41, 5.74) is 8.05. The number of nitrogens with one attached hydrogen (secondary N) is 2. The average Bonchev–Trinajstić information content (AvgIpc) is 3.26. The number of rotatable bonds is 2. The van der Waals surface area contributed by atoms with Crippen LogP contribution in [-0.4, -0.2) is 23.6 Å². The summed E-state index contributed by atoms with van der Waals surface area (Å²) in [6, 6.07) is 42.4. The van der Waals surface area contributed by atoms with Crippen LogP contribution in [0.4, 0.5) is 11.4 Å². The number of aromatic amines is 2. The average molecular weight is 775 g/mol. The predicted molar refractivity (Wildman–Crippen MR) is 235 cm³/mol. The number of nitrogens with zero attached hydrogens (tertiary/aromatic N) is 2. The molecule has 60 heavy (non-hydrogen) atoms. The zero-order valence-electron chi connectivity index (χ0n) is 32.2. The van der Waals surface area contributed by atoms with Crippen molar-refractivity contribution in [1.82, 2.24) is 0 Å². The van der Waals surface area contributed by atoms with Gasteiger partial charge in [-0.05, 0) is 93.7 Å². The van der Waals surface area contributed by atoms with Gasteiger partial charge in [0, 0.05) is 57.3 Å². The summed E-state index contributed by atoms with van der Waals surface area (Å²) in [4.78, 5) is 69.4. The minimum Gasteiger partial charge on any atom is -0.268 e. The molecule has 0 spiro atoms. The Balaban J connectivity index is 1.04. The number of carbonyl (C=O) groups excluding carboxylic acids is 4. The fourth-order valence-corrected chi connectivity index (χ4v) is 10.5. The van der Waals surface area contributed by atoms with Crippen molar-refractivity contribution in [1.29, 1.82) is 0 Å². The molecule has 8 heteroatoms. The fourth-order valence-electron chi connectivity index (χ4n) is 10.5. The van der Waals surface area contributed by atoms with Gasteiger partial charge in [0.15, 0.2) is 0 Å². The van der Waals surface area contributed by atoms with Crippen molar-refractivity contribution in [3.05, 3.63) is 167 Å². The van der Waals surface area contributed by atoms with E-state index in [9.17, 15) is 19.2 Å². The molecule has 0 saturated carbocycles. The van der Waals surface area contributed by atoms with Gasteiger partial charge in [-0.2, -0.15) is 0 Å². The summed E-state index contributed by atoms with van der Waals surface area (Å²) in [7, 11) is 0. The smallest absolute Gasteiger partial charge is 0.266 e. The number of aryl methyl sites for hydroxylation is 2. The topological polar surface area (TPSA) is 103 Å². The van der Waals surface area contributed by atoms with E-state index in [0.717, 1.165) is 87.1 Å². The van der Waals surface area contributed by atoms with Crippen LogP contribution in [0.3, 0.4) is 0 Å². The highest BCUT2D eigenvalue weighted by Crippen LogP contribution is 2.49. The molecule has 0 saturated heterocycles. The molecule has 2 aliphatic heterocycles. The van der Waals surface area contributed by atoms with Crippen LogP contribution in [0.15, 0.2) is 133 Å². The molecule has 13 rings (SSSR count). The number of pyridine rings is 2. The number of H-pyrrole nitrogens is 2. The molecule has 11 aromatic rings. The van der Waals surface area contributed by atoms with Crippen molar-refractivity contribution in [3.8, 4) is 0 Å². The van der Waals surface area contributed by atoms with Crippen molar-refractivity contribution in [2.75, 3.05) is 9.80 Å². The third-order valence-electron chi connectivity index (χ3n) is 13.0. The highest BCUT2D eigenvalue weighted by Gasteiger charge is 2.41. The first-order chi connectivity index (χ1) is 29.3. The molecule has 4 heterocycles. The zero-order valence-corrected chi connectivity index (χ0v) is 32.2. The molecule has 2 aromatic heterocycles. The second-order valence-corrected chi connectivity index (χ2v) is 16.1. The van der Waals surface area contributed by atoms with Crippen LogP contribution in [0.5, 0.6) is 0 Å². The summed E-state index contributed by atoms with van der Waals surface area (Å²) in [6.07, 6.45) is 0. The van der Waals surface area contributed by atoms with Gasteiger partial charge < -0.3 is 0 Å². The standard InChI is InChI=1S/C52H28N4O4/c1-25-9-7-15-39-41(25)47(31-11-3-5-13-37(31)53-39)55-49(57)33-21-17-27-29-19-23-35-46-36(24-20-30(44(29)46)28-18-22-34(50(55)58)45(33)43(27)28)52(60)56(51(35)59)48-32-12-4-6-14-38(32)54-40-16-8-10-26(2)42(40)48/h3-24H,1-2H3/p+2. The number of anilines is 2. The van der Waals surface area contributed by atoms with E-state index in [4.69, 9.17) is 0 Å². The van der Waals surface area contributed by atoms with Gasteiger partial charge in [0.05, 0.1) is 32.9 Å². The lowest BCUT2D eigenvalue weighted by Gasteiger charge is -2.31. The van der Waals surface area contributed by atoms with Gasteiger partial charge in [-0.1, -0.05) is 72.8 Å².